The second kappa shape index (κ2) is 5.83. The maximum absolute atomic E-state index is 5.38. The third-order valence-electron chi connectivity index (χ3n) is 1.65. The zero-order valence-corrected chi connectivity index (χ0v) is 7.99. The predicted molar refractivity (Wildman–Crippen MR) is 52.2 cm³/mol. The number of rotatable bonds is 4. The maximum Gasteiger partial charge on any atom is 0.531 e. The highest BCUT2D eigenvalue weighted by molar-refractivity contribution is 6.53. The van der Waals surface area contributed by atoms with Crippen LogP contribution in [0.15, 0.2) is 24.4 Å². The van der Waals surface area contributed by atoms with Gasteiger partial charge in [-0.15, -0.1) is 0 Å². The Hall–Kier alpha value is -0.735. The highest BCUT2D eigenvalue weighted by atomic mass is 16.6. The molecule has 0 aromatic carbocycles. The molecule has 0 saturated carbocycles. The molecule has 0 unspecified atom stereocenters. The molecule has 0 amide bonds. The van der Waals surface area contributed by atoms with Gasteiger partial charge in [0, 0.05) is 13.2 Å². The Morgan fingerprint density at radius 3 is 2.77 bits per heavy atom. The van der Waals surface area contributed by atoms with Crippen molar-refractivity contribution in [1.29, 1.82) is 0 Å². The highest BCUT2D eigenvalue weighted by Crippen LogP contribution is 2.11. The van der Waals surface area contributed by atoms with Crippen LogP contribution in [-0.2, 0) is 14.0 Å². The summed E-state index contributed by atoms with van der Waals surface area (Å²) in [6.45, 7) is 7.61. The first-order valence-electron chi connectivity index (χ1n) is 4.57. The fourth-order valence-electron chi connectivity index (χ4n) is 1.13. The van der Waals surface area contributed by atoms with Crippen molar-refractivity contribution in [3.05, 3.63) is 24.4 Å². The van der Waals surface area contributed by atoms with Gasteiger partial charge in [0.2, 0.25) is 0 Å². The Bertz CT molecular complexity index is 185. The lowest BCUT2D eigenvalue weighted by molar-refractivity contribution is 0.118. The summed E-state index contributed by atoms with van der Waals surface area (Å²) in [4.78, 5) is 0. The summed E-state index contributed by atoms with van der Waals surface area (Å²) >= 11 is 0. The van der Waals surface area contributed by atoms with Gasteiger partial charge in [0.1, 0.15) is 5.66 Å². The summed E-state index contributed by atoms with van der Waals surface area (Å²) in [6, 6.07) is 0. The van der Waals surface area contributed by atoms with E-state index in [0.717, 1.165) is 19.6 Å². The van der Waals surface area contributed by atoms with Gasteiger partial charge in [0.25, 0.3) is 0 Å². The molecule has 72 valence electrons. The van der Waals surface area contributed by atoms with Gasteiger partial charge >= 0.3 is 7.12 Å². The Labute approximate surface area is 79.5 Å². The minimum atomic E-state index is -0.341. The van der Waals surface area contributed by atoms with Crippen LogP contribution < -0.4 is 0 Å². The van der Waals surface area contributed by atoms with Crippen molar-refractivity contribution < 1.29 is 14.0 Å². The fourth-order valence-corrected chi connectivity index (χ4v) is 1.13. The van der Waals surface area contributed by atoms with Crippen molar-refractivity contribution in [2.24, 2.45) is 0 Å². The quantitative estimate of drug-likeness (QED) is 0.375. The zero-order valence-electron chi connectivity index (χ0n) is 7.99. The highest BCUT2D eigenvalue weighted by Gasteiger charge is 2.28. The lowest BCUT2D eigenvalue weighted by atomic mass is 9.85. The minimum absolute atomic E-state index is 0.341. The largest absolute Gasteiger partial charge is 0.531 e. The molecule has 1 saturated heterocycles. The van der Waals surface area contributed by atoms with E-state index in [2.05, 4.69) is 6.58 Å². The molecule has 1 aliphatic heterocycles. The van der Waals surface area contributed by atoms with Crippen molar-refractivity contribution in [1.82, 2.24) is 0 Å². The lowest BCUT2D eigenvalue weighted by Gasteiger charge is -2.21. The van der Waals surface area contributed by atoms with E-state index in [1.807, 2.05) is 6.92 Å². The molecule has 0 atom stereocenters. The average molecular weight is 182 g/mol. The van der Waals surface area contributed by atoms with Gasteiger partial charge < -0.3 is 14.0 Å². The van der Waals surface area contributed by atoms with E-state index < -0.39 is 0 Å². The van der Waals surface area contributed by atoms with Crippen LogP contribution in [0.25, 0.3) is 0 Å². The van der Waals surface area contributed by atoms with Crippen LogP contribution in [0, 0.1) is 0 Å². The summed E-state index contributed by atoms with van der Waals surface area (Å²) in [5, 5.41) is 0. The average Bonchev–Trinajstić information content (AvgIpc) is 2.19. The maximum atomic E-state index is 5.38. The van der Waals surface area contributed by atoms with E-state index in [0.29, 0.717) is 12.3 Å². The van der Waals surface area contributed by atoms with Crippen LogP contribution in [0.2, 0.25) is 0 Å². The molecule has 1 heterocycles. The minimum Gasteiger partial charge on any atom is -0.502 e. The first-order chi connectivity index (χ1) is 6.38. The molecule has 1 aliphatic rings. The normalized spacial score (nSPS) is 18.5. The topological polar surface area (TPSA) is 27.7 Å². The van der Waals surface area contributed by atoms with E-state index >= 15 is 0 Å². The third kappa shape index (κ3) is 3.24. The van der Waals surface area contributed by atoms with E-state index in [1.54, 1.807) is 12.2 Å². The summed E-state index contributed by atoms with van der Waals surface area (Å²) in [5.74, 6) is 0. The molecule has 4 heteroatoms. The van der Waals surface area contributed by atoms with E-state index in [1.165, 1.54) is 0 Å². The molecule has 0 radical (unpaired) electrons. The standard InChI is InChI=1S/C9H15BO3/c1-3-6-9(11-4-2)10-12-7-5-8-13-10/h3,6H,1,4-5,7-8H2,2H3/b9-6+. The molecule has 0 aliphatic carbocycles. The molecule has 0 spiro atoms. The molecule has 1 rings (SSSR count). The molecule has 13 heavy (non-hydrogen) atoms. The molecular formula is C9H15BO3. The monoisotopic (exact) mass is 182 g/mol. The van der Waals surface area contributed by atoms with Gasteiger partial charge in [0.05, 0.1) is 6.61 Å². The fraction of sp³-hybridized carbons (Fsp3) is 0.556. The summed E-state index contributed by atoms with van der Waals surface area (Å²) in [7, 11) is -0.341. The number of ether oxygens (including phenoxy) is 1. The van der Waals surface area contributed by atoms with Crippen molar-refractivity contribution in [3.63, 3.8) is 0 Å². The molecule has 0 N–H and O–H groups in total. The summed E-state index contributed by atoms with van der Waals surface area (Å²) < 4.78 is 16.1. The Kier molecular flexibility index (Phi) is 4.64. The molecule has 1 fully saturated rings. The number of hydrogen-bond acceptors (Lipinski definition) is 3. The van der Waals surface area contributed by atoms with Gasteiger partial charge in [-0.25, -0.2) is 0 Å². The first-order valence-corrected chi connectivity index (χ1v) is 4.57. The SMILES string of the molecule is C=C/C=C(/OCC)B1OCCCO1. The molecular weight excluding hydrogens is 167 g/mol. The van der Waals surface area contributed by atoms with Crippen molar-refractivity contribution in [3.8, 4) is 0 Å². The van der Waals surface area contributed by atoms with Gasteiger partial charge in [0.15, 0.2) is 0 Å². The van der Waals surface area contributed by atoms with E-state index in [-0.39, 0.29) is 7.12 Å². The smallest absolute Gasteiger partial charge is 0.502 e. The summed E-state index contributed by atoms with van der Waals surface area (Å²) in [6.07, 6.45) is 4.40. The molecule has 0 bridgehead atoms. The molecule has 3 nitrogen and oxygen atoms in total. The van der Waals surface area contributed by atoms with Crippen LogP contribution in [0.5, 0.6) is 0 Å². The lowest BCUT2D eigenvalue weighted by Crippen LogP contribution is -2.33. The van der Waals surface area contributed by atoms with Gasteiger partial charge in [-0.1, -0.05) is 12.7 Å². The predicted octanol–water partition coefficient (Wildman–Crippen LogP) is 1.56. The Morgan fingerprint density at radius 2 is 2.23 bits per heavy atom. The zero-order chi connectivity index (χ0) is 9.52. The third-order valence-corrected chi connectivity index (χ3v) is 1.65. The Morgan fingerprint density at radius 1 is 1.54 bits per heavy atom. The van der Waals surface area contributed by atoms with Crippen LogP contribution in [-0.4, -0.2) is 26.9 Å². The van der Waals surface area contributed by atoms with Crippen LogP contribution in [0.1, 0.15) is 13.3 Å². The van der Waals surface area contributed by atoms with Crippen LogP contribution in [0.3, 0.4) is 0 Å². The van der Waals surface area contributed by atoms with E-state index in [9.17, 15) is 0 Å². The van der Waals surface area contributed by atoms with Crippen molar-refractivity contribution in [2.75, 3.05) is 19.8 Å². The van der Waals surface area contributed by atoms with E-state index in [4.69, 9.17) is 14.0 Å². The van der Waals surface area contributed by atoms with Crippen molar-refractivity contribution >= 4 is 7.12 Å². The van der Waals surface area contributed by atoms with Crippen molar-refractivity contribution in [2.45, 2.75) is 13.3 Å². The van der Waals surface area contributed by atoms with Gasteiger partial charge in [-0.2, -0.15) is 0 Å². The second-order valence-electron chi connectivity index (χ2n) is 2.66. The Balaban J connectivity index is 2.51. The van der Waals surface area contributed by atoms with Gasteiger partial charge in [-0.3, -0.25) is 0 Å². The van der Waals surface area contributed by atoms with Gasteiger partial charge in [-0.05, 0) is 19.4 Å². The number of hydrogen-bond donors (Lipinski definition) is 0. The number of allylic oxidation sites excluding steroid dienone is 2. The van der Waals surface area contributed by atoms with Crippen LogP contribution in [0.4, 0.5) is 0 Å². The second-order valence-corrected chi connectivity index (χ2v) is 2.66. The van der Waals surface area contributed by atoms with Crippen LogP contribution >= 0.6 is 0 Å². The first kappa shape index (κ1) is 10.3. The summed E-state index contributed by atoms with van der Waals surface area (Å²) in [5.41, 5.74) is 0.706. The molecule has 0 aromatic rings. The molecule has 0 aromatic heterocycles.